The first-order chi connectivity index (χ1) is 6.49. The first-order valence-corrected chi connectivity index (χ1v) is 4.48. The summed E-state index contributed by atoms with van der Waals surface area (Å²) >= 11 is 0. The summed E-state index contributed by atoms with van der Waals surface area (Å²) in [7, 11) is 0. The molecule has 2 N–H and O–H groups in total. The van der Waals surface area contributed by atoms with Crippen LogP contribution in [0.5, 0.6) is 0 Å². The Morgan fingerprint density at radius 2 is 1.79 bits per heavy atom. The zero-order valence-electron chi connectivity index (χ0n) is 8.02. The van der Waals surface area contributed by atoms with Crippen LogP contribution < -0.4 is 0 Å². The van der Waals surface area contributed by atoms with E-state index >= 15 is 0 Å². The maximum atomic E-state index is 11.0. The first kappa shape index (κ1) is 12.6. The number of Topliss-reactive ketones (excluding diaryl/α,β-unsaturated/α-hetero) is 1. The molecule has 14 heavy (non-hydrogen) atoms. The van der Waals surface area contributed by atoms with Gasteiger partial charge < -0.3 is 10.2 Å². The molecule has 0 fully saturated rings. The van der Waals surface area contributed by atoms with Crippen LogP contribution in [0.1, 0.15) is 32.6 Å². The molecule has 0 amide bonds. The molecule has 0 saturated heterocycles. The molecule has 0 unspecified atom stereocenters. The summed E-state index contributed by atoms with van der Waals surface area (Å²) in [6.45, 7) is 1.89. The van der Waals surface area contributed by atoms with Crippen molar-refractivity contribution in [3.63, 3.8) is 0 Å². The highest BCUT2D eigenvalue weighted by Gasteiger charge is 2.26. The van der Waals surface area contributed by atoms with E-state index in [-0.39, 0.29) is 0 Å². The van der Waals surface area contributed by atoms with Gasteiger partial charge in [-0.2, -0.15) is 0 Å². The van der Waals surface area contributed by atoms with Crippen molar-refractivity contribution in [2.75, 3.05) is 0 Å². The van der Waals surface area contributed by atoms with Gasteiger partial charge in [0.25, 0.3) is 0 Å². The number of hydrogen-bond acceptors (Lipinski definition) is 3. The van der Waals surface area contributed by atoms with E-state index in [9.17, 15) is 14.4 Å². The summed E-state index contributed by atoms with van der Waals surface area (Å²) in [6, 6.07) is 0. The van der Waals surface area contributed by atoms with Crippen LogP contribution in [0.15, 0.2) is 0 Å². The van der Waals surface area contributed by atoms with Gasteiger partial charge in [0.15, 0.2) is 0 Å². The fourth-order valence-corrected chi connectivity index (χ4v) is 1.16. The van der Waals surface area contributed by atoms with Crippen molar-refractivity contribution in [3.05, 3.63) is 0 Å². The number of unbranched alkanes of at least 4 members (excludes halogenated alkanes) is 1. The van der Waals surface area contributed by atoms with Crippen LogP contribution in [0.3, 0.4) is 0 Å². The molecule has 0 aliphatic rings. The minimum Gasteiger partial charge on any atom is -0.481 e. The summed E-state index contributed by atoms with van der Waals surface area (Å²) in [4.78, 5) is 31.7. The second kappa shape index (κ2) is 6.12. The lowest BCUT2D eigenvalue weighted by Gasteiger charge is -2.09. The third-order valence-corrected chi connectivity index (χ3v) is 1.91. The highest BCUT2D eigenvalue weighted by Crippen LogP contribution is 2.14. The summed E-state index contributed by atoms with van der Waals surface area (Å²) < 4.78 is 0. The van der Waals surface area contributed by atoms with Crippen LogP contribution in [0.25, 0.3) is 0 Å². The van der Waals surface area contributed by atoms with Crippen molar-refractivity contribution < 1.29 is 24.6 Å². The van der Waals surface area contributed by atoms with E-state index in [1.165, 1.54) is 0 Å². The van der Waals surface area contributed by atoms with Crippen LogP contribution in [-0.4, -0.2) is 27.9 Å². The van der Waals surface area contributed by atoms with Crippen LogP contribution >= 0.6 is 0 Å². The van der Waals surface area contributed by atoms with Gasteiger partial charge in [-0.1, -0.05) is 19.8 Å². The molecular weight excluding hydrogens is 188 g/mol. The van der Waals surface area contributed by atoms with Crippen molar-refractivity contribution in [1.82, 2.24) is 0 Å². The van der Waals surface area contributed by atoms with E-state index in [4.69, 9.17) is 10.2 Å². The molecule has 1 atom stereocenters. The van der Waals surface area contributed by atoms with Crippen molar-refractivity contribution in [2.24, 2.45) is 5.92 Å². The van der Waals surface area contributed by atoms with Gasteiger partial charge in [-0.15, -0.1) is 0 Å². The predicted molar refractivity (Wildman–Crippen MR) is 47.9 cm³/mol. The van der Waals surface area contributed by atoms with Crippen molar-refractivity contribution in [3.8, 4) is 0 Å². The molecule has 0 saturated carbocycles. The van der Waals surface area contributed by atoms with Crippen LogP contribution in [0.2, 0.25) is 0 Å². The van der Waals surface area contributed by atoms with Gasteiger partial charge >= 0.3 is 11.9 Å². The minimum atomic E-state index is -1.55. The topological polar surface area (TPSA) is 91.7 Å². The average molecular weight is 202 g/mol. The molecule has 0 bridgehead atoms. The van der Waals surface area contributed by atoms with Crippen molar-refractivity contribution >= 4 is 17.7 Å². The summed E-state index contributed by atoms with van der Waals surface area (Å²) in [5, 5.41) is 16.9. The molecule has 0 aliphatic carbocycles. The second-order valence-electron chi connectivity index (χ2n) is 3.11. The highest BCUT2D eigenvalue weighted by molar-refractivity contribution is 6.33. The molecule has 0 rings (SSSR count). The Bertz CT molecular complexity index is 233. The third-order valence-electron chi connectivity index (χ3n) is 1.91. The Hall–Kier alpha value is -1.39. The molecule has 0 aliphatic heterocycles. The molecule has 0 radical (unpaired) electrons. The Morgan fingerprint density at radius 3 is 2.14 bits per heavy atom. The summed E-state index contributed by atoms with van der Waals surface area (Å²) in [5.41, 5.74) is 0. The number of aliphatic carboxylic acids is 2. The lowest BCUT2D eigenvalue weighted by Crippen LogP contribution is -2.25. The molecule has 0 aromatic heterocycles. The molecule has 0 aromatic carbocycles. The Morgan fingerprint density at radius 1 is 1.21 bits per heavy atom. The number of carbonyl (C=O) groups is 3. The van der Waals surface area contributed by atoms with E-state index in [2.05, 4.69) is 0 Å². The van der Waals surface area contributed by atoms with Crippen molar-refractivity contribution in [2.45, 2.75) is 32.6 Å². The molecule has 5 heteroatoms. The molecule has 80 valence electrons. The van der Waals surface area contributed by atoms with Gasteiger partial charge in [0.1, 0.15) is 0 Å². The van der Waals surface area contributed by atoms with E-state index in [1.54, 1.807) is 0 Å². The van der Waals surface area contributed by atoms with E-state index in [0.29, 0.717) is 12.8 Å². The number of ketones is 1. The summed E-state index contributed by atoms with van der Waals surface area (Å²) in [6.07, 6.45) is 1.40. The highest BCUT2D eigenvalue weighted by atomic mass is 16.4. The molecular formula is C9H14O5. The maximum absolute atomic E-state index is 11.0. The fourth-order valence-electron chi connectivity index (χ4n) is 1.16. The van der Waals surface area contributed by atoms with E-state index < -0.39 is 30.1 Å². The van der Waals surface area contributed by atoms with Crippen molar-refractivity contribution in [1.29, 1.82) is 0 Å². The Labute approximate surface area is 81.7 Å². The average Bonchev–Trinajstić information content (AvgIpc) is 2.10. The Kier molecular flexibility index (Phi) is 5.52. The zero-order chi connectivity index (χ0) is 11.1. The normalized spacial score (nSPS) is 12.1. The molecule has 0 aromatic rings. The molecule has 5 nitrogen and oxygen atoms in total. The molecule has 0 spiro atoms. The van der Waals surface area contributed by atoms with E-state index in [1.807, 2.05) is 6.92 Å². The smallest absolute Gasteiger partial charge is 0.372 e. The minimum absolute atomic E-state index is 0.327. The predicted octanol–water partition coefficient (Wildman–Crippen LogP) is 0.921. The Balaban J connectivity index is 4.30. The number of carboxylic acids is 2. The monoisotopic (exact) mass is 202 g/mol. The van der Waals surface area contributed by atoms with Crippen LogP contribution in [-0.2, 0) is 14.4 Å². The number of rotatable bonds is 7. The lowest BCUT2D eigenvalue weighted by atomic mass is 9.94. The number of hydrogen-bond donors (Lipinski definition) is 2. The zero-order valence-corrected chi connectivity index (χ0v) is 8.02. The fraction of sp³-hybridized carbons (Fsp3) is 0.667. The SMILES string of the molecule is CCCC[C@@H](CC(=O)O)C(=O)C(=O)O. The van der Waals surface area contributed by atoms with Gasteiger partial charge in [-0.25, -0.2) is 4.79 Å². The lowest BCUT2D eigenvalue weighted by molar-refractivity contribution is -0.152. The second-order valence-corrected chi connectivity index (χ2v) is 3.11. The summed E-state index contributed by atoms with van der Waals surface area (Å²) in [5.74, 6) is -4.57. The van der Waals surface area contributed by atoms with Crippen LogP contribution in [0, 0.1) is 5.92 Å². The van der Waals surface area contributed by atoms with Gasteiger partial charge in [-0.05, 0) is 6.42 Å². The van der Waals surface area contributed by atoms with Gasteiger partial charge in [0.05, 0.1) is 6.42 Å². The maximum Gasteiger partial charge on any atom is 0.372 e. The van der Waals surface area contributed by atoms with E-state index in [0.717, 1.165) is 6.42 Å². The largest absolute Gasteiger partial charge is 0.481 e. The molecule has 0 heterocycles. The van der Waals surface area contributed by atoms with Gasteiger partial charge in [0, 0.05) is 5.92 Å². The van der Waals surface area contributed by atoms with Gasteiger partial charge in [0.2, 0.25) is 5.78 Å². The quantitative estimate of drug-likeness (QED) is 0.599. The van der Waals surface area contributed by atoms with Crippen LogP contribution in [0.4, 0.5) is 0 Å². The van der Waals surface area contributed by atoms with Gasteiger partial charge in [-0.3, -0.25) is 9.59 Å². The first-order valence-electron chi connectivity index (χ1n) is 4.48. The standard InChI is InChI=1S/C9H14O5/c1-2-3-4-6(5-7(10)11)8(12)9(13)14/h6H,2-5H2,1H3,(H,10,11)(H,13,14)/t6-/m0/s1. The number of carbonyl (C=O) groups excluding carboxylic acids is 1. The number of carboxylic acid groups (broad SMARTS) is 2. The third kappa shape index (κ3) is 4.59.